The molecule has 252 valence electrons. The molecule has 1 aliphatic rings. The van der Waals surface area contributed by atoms with Crippen LogP contribution in [0.2, 0.25) is 0 Å². The first-order valence-corrected chi connectivity index (χ1v) is 18.6. The molecule has 3 atom stereocenters. The van der Waals surface area contributed by atoms with Gasteiger partial charge in [0, 0.05) is 4.60 Å². The molecule has 7 rings (SSSR count). The quantitative estimate of drug-likeness (QED) is 0.105. The topological polar surface area (TPSA) is 114 Å². The van der Waals surface area contributed by atoms with Crippen molar-refractivity contribution < 1.29 is 38.4 Å². The zero-order chi connectivity index (χ0) is 34.1. The predicted molar refractivity (Wildman–Crippen MR) is 194 cm³/mol. The third kappa shape index (κ3) is 8.36. The number of ether oxygens (including phenoxy) is 2. The van der Waals surface area contributed by atoms with Crippen molar-refractivity contribution in [1.29, 1.82) is 0 Å². The van der Waals surface area contributed by atoms with E-state index < -0.39 is 16.9 Å². The number of benzene rings is 6. The van der Waals surface area contributed by atoms with Crippen molar-refractivity contribution in [3.63, 3.8) is 0 Å². The van der Waals surface area contributed by atoms with Gasteiger partial charge in [-0.15, -0.1) is 0 Å². The van der Waals surface area contributed by atoms with E-state index in [9.17, 15) is 10.2 Å². The Morgan fingerprint density at radius 1 is 0.500 bits per heavy atom. The minimum Gasteiger partial charge on any atom is -0.508 e. The maximum Gasteiger partial charge on any atom is 0.332 e. The van der Waals surface area contributed by atoms with Crippen LogP contribution in [-0.2, 0) is 0 Å². The second-order valence-corrected chi connectivity index (χ2v) is 15.1. The average Bonchev–Trinajstić information content (AvgIpc) is 3.15. The summed E-state index contributed by atoms with van der Waals surface area (Å²) in [5.41, 5.74) is 0. The van der Waals surface area contributed by atoms with Crippen molar-refractivity contribution in [2.24, 2.45) is 0 Å². The molecule has 0 saturated carbocycles. The Kier molecular flexibility index (Phi) is 10.7. The highest BCUT2D eigenvalue weighted by Crippen LogP contribution is 2.66. The van der Waals surface area contributed by atoms with Crippen molar-refractivity contribution in [2.45, 2.75) is 0 Å². The van der Waals surface area contributed by atoms with Crippen molar-refractivity contribution in [1.82, 2.24) is 14.1 Å². The van der Waals surface area contributed by atoms with Gasteiger partial charge in [0.1, 0.15) is 34.5 Å². The molecule has 6 aromatic rings. The van der Waals surface area contributed by atoms with Gasteiger partial charge in [0.05, 0.1) is 8.88 Å². The maximum atomic E-state index is 11.0. The lowest BCUT2D eigenvalue weighted by molar-refractivity contribution is 0.0675. The molecule has 1 fully saturated rings. The first-order valence-electron chi connectivity index (χ1n) is 15.2. The molecule has 6 aromatic carbocycles. The lowest BCUT2D eigenvalue weighted by Gasteiger charge is -2.41. The van der Waals surface area contributed by atoms with Crippen molar-refractivity contribution in [3.05, 3.63) is 158 Å². The van der Waals surface area contributed by atoms with E-state index in [1.807, 2.05) is 97.1 Å². The van der Waals surface area contributed by atoms with E-state index in [1.54, 1.807) is 51.7 Å². The summed E-state index contributed by atoms with van der Waals surface area (Å²) >= 11 is 0. The molecular weight excluding hydrogens is 695 g/mol. The lowest BCUT2D eigenvalue weighted by atomic mass is 10.2. The molecule has 1 heterocycles. The maximum absolute atomic E-state index is 11.0. The Hall–Kier alpha value is -5.11. The molecule has 0 aromatic heterocycles. The largest absolute Gasteiger partial charge is 0.508 e. The van der Waals surface area contributed by atoms with E-state index in [-0.39, 0.29) is 37.6 Å². The monoisotopic (exact) mass is 725 g/mol. The fraction of sp³-hybridized carbons (Fsp3) is 0. The van der Waals surface area contributed by atoms with Crippen molar-refractivity contribution in [2.75, 3.05) is 0 Å². The standard InChI is InChI=1S/C36H30N3O8P3/c40-27-21-23-31(24-22-27)45-39-49(37-48-38(44-30-17-9-3-10-18-30)50(39)46-32-19-11-4-12-20-32)47-34-26-25-33(41)35(42-28-13-5-1-6-14-28)36(34)43-29-15-7-2-8-16-29/h1-26,37,40-41,48H. The molecular formula is C36H30N3O8P3. The smallest absolute Gasteiger partial charge is 0.332 e. The SMILES string of the molecule is Oc1ccc(ON2P(Oc3ccc(O)c(Oc4ccccc4)c3Oc3ccccc3)NPN(Oc3ccccc3)P2Oc2ccccc2)cc1. The Balaban J connectivity index is 1.28. The molecule has 3 unspecified atom stereocenters. The van der Waals surface area contributed by atoms with E-state index in [0.717, 1.165) is 0 Å². The van der Waals surface area contributed by atoms with Crippen LogP contribution in [0.15, 0.2) is 158 Å². The summed E-state index contributed by atoms with van der Waals surface area (Å²) in [6, 6.07) is 46.3. The van der Waals surface area contributed by atoms with Gasteiger partial charge < -0.3 is 38.4 Å². The highest BCUT2D eigenvalue weighted by atomic mass is 31.3. The number of nitrogens with one attached hydrogen (secondary N) is 1. The summed E-state index contributed by atoms with van der Waals surface area (Å²) in [5.74, 6) is 2.99. The molecule has 14 heteroatoms. The van der Waals surface area contributed by atoms with Crippen LogP contribution in [0.1, 0.15) is 0 Å². The van der Waals surface area contributed by atoms with Gasteiger partial charge in [0.2, 0.25) is 11.5 Å². The van der Waals surface area contributed by atoms with Crippen LogP contribution in [0, 0.1) is 0 Å². The van der Waals surface area contributed by atoms with Gasteiger partial charge in [0.25, 0.3) is 8.45 Å². The molecule has 0 radical (unpaired) electrons. The van der Waals surface area contributed by atoms with Crippen molar-refractivity contribution >= 4 is 25.8 Å². The van der Waals surface area contributed by atoms with Crippen molar-refractivity contribution in [3.8, 4) is 57.5 Å². The minimum atomic E-state index is -1.88. The van der Waals surface area contributed by atoms with Crippen LogP contribution in [-0.4, -0.2) is 19.4 Å². The van der Waals surface area contributed by atoms with Crippen LogP contribution in [0.5, 0.6) is 57.5 Å². The van der Waals surface area contributed by atoms with E-state index in [2.05, 4.69) is 4.86 Å². The number of nitrogens with zero attached hydrogens (tertiary/aromatic N) is 2. The summed E-state index contributed by atoms with van der Waals surface area (Å²) in [5, 5.41) is 21.0. The number of phenolic OH excluding ortho intramolecular Hbond substituents is 2. The molecule has 1 saturated heterocycles. The Morgan fingerprint density at radius 3 is 1.62 bits per heavy atom. The van der Waals surface area contributed by atoms with E-state index in [4.69, 9.17) is 28.2 Å². The summed E-state index contributed by atoms with van der Waals surface area (Å²) in [4.78, 5) is 16.2. The number of hydrogen-bond donors (Lipinski definition) is 3. The first-order chi connectivity index (χ1) is 24.6. The average molecular weight is 726 g/mol. The Morgan fingerprint density at radius 2 is 1.02 bits per heavy atom. The molecule has 0 spiro atoms. The number of hydrogen-bond acceptors (Lipinski definition) is 11. The molecule has 0 bridgehead atoms. The molecule has 3 N–H and O–H groups in total. The zero-order valence-corrected chi connectivity index (χ0v) is 28.9. The van der Waals surface area contributed by atoms with Crippen LogP contribution in [0.4, 0.5) is 0 Å². The van der Waals surface area contributed by atoms with Crippen LogP contribution in [0.25, 0.3) is 0 Å². The second kappa shape index (κ2) is 16.1. The third-order valence-electron chi connectivity index (χ3n) is 6.75. The van der Waals surface area contributed by atoms with Gasteiger partial charge in [-0.05, 0) is 89.5 Å². The van der Waals surface area contributed by atoms with Gasteiger partial charge in [-0.25, -0.2) is 4.86 Å². The lowest BCUT2D eigenvalue weighted by Crippen LogP contribution is -2.37. The van der Waals surface area contributed by atoms with Gasteiger partial charge >= 0.3 is 8.45 Å². The van der Waals surface area contributed by atoms with E-state index in [0.29, 0.717) is 28.7 Å². The number of para-hydroxylation sites is 4. The van der Waals surface area contributed by atoms with E-state index in [1.165, 1.54) is 18.2 Å². The fourth-order valence-electron chi connectivity index (χ4n) is 4.43. The first kappa shape index (κ1) is 33.4. The highest BCUT2D eigenvalue weighted by molar-refractivity contribution is 7.74. The Bertz CT molecular complexity index is 1970. The van der Waals surface area contributed by atoms with Crippen LogP contribution in [0.3, 0.4) is 0 Å². The minimum absolute atomic E-state index is 0.0647. The third-order valence-corrected chi connectivity index (χ3v) is 11.9. The number of aromatic hydroxyl groups is 2. The number of rotatable bonds is 12. The summed E-state index contributed by atoms with van der Waals surface area (Å²) in [7, 11) is -3.90. The molecule has 1 aliphatic heterocycles. The molecule has 50 heavy (non-hydrogen) atoms. The van der Waals surface area contributed by atoms with Gasteiger partial charge in [0.15, 0.2) is 11.5 Å². The zero-order valence-electron chi connectivity index (χ0n) is 26.1. The van der Waals surface area contributed by atoms with Gasteiger partial charge in [-0.2, -0.15) is 0 Å². The second-order valence-electron chi connectivity index (χ2n) is 10.3. The summed E-state index contributed by atoms with van der Waals surface area (Å²) < 4.78 is 29.1. The highest BCUT2D eigenvalue weighted by Gasteiger charge is 2.46. The predicted octanol–water partition coefficient (Wildman–Crippen LogP) is 10.3. The fourth-order valence-corrected chi connectivity index (χ4v) is 10.0. The van der Waals surface area contributed by atoms with E-state index >= 15 is 0 Å². The summed E-state index contributed by atoms with van der Waals surface area (Å²) in [6.07, 6.45) is 0. The number of phenols is 2. The van der Waals surface area contributed by atoms with Crippen LogP contribution < -0.4 is 33.1 Å². The normalized spacial score (nSPS) is 16.7. The van der Waals surface area contributed by atoms with Gasteiger partial charge in [-0.3, -0.25) is 0 Å². The molecule has 11 nitrogen and oxygen atoms in total. The summed E-state index contributed by atoms with van der Waals surface area (Å²) in [6.45, 7) is 0. The Labute approximate surface area is 292 Å². The molecule has 0 aliphatic carbocycles. The van der Waals surface area contributed by atoms with Crippen LogP contribution >= 0.6 is 25.8 Å². The van der Waals surface area contributed by atoms with Gasteiger partial charge in [-0.1, -0.05) is 72.8 Å². The molecule has 0 amide bonds.